The summed E-state index contributed by atoms with van der Waals surface area (Å²) in [7, 11) is 5.53. The van der Waals surface area contributed by atoms with Crippen LogP contribution in [-0.2, 0) is 6.54 Å². The Morgan fingerprint density at radius 3 is 2.82 bits per heavy atom. The molecule has 0 spiro atoms. The van der Waals surface area contributed by atoms with Crippen molar-refractivity contribution >= 4 is 0 Å². The minimum absolute atomic E-state index is 0.190. The van der Waals surface area contributed by atoms with E-state index in [9.17, 15) is 4.39 Å². The molecule has 11 heavy (non-hydrogen) atoms. The van der Waals surface area contributed by atoms with E-state index in [1.807, 2.05) is 13.1 Å². The summed E-state index contributed by atoms with van der Waals surface area (Å²) in [6.45, 7) is 0.678. The molecule has 0 N–H and O–H groups in total. The SMILES string of the molecule is [CH2-]N(C)Cc1cccc(F)c1. The van der Waals surface area contributed by atoms with Gasteiger partial charge in [0.15, 0.2) is 0 Å². The molecule has 0 saturated carbocycles. The van der Waals surface area contributed by atoms with Crippen molar-refractivity contribution in [2.45, 2.75) is 6.54 Å². The normalized spacial score (nSPS) is 10.5. The molecule has 0 bridgehead atoms. The van der Waals surface area contributed by atoms with Crippen LogP contribution in [0.2, 0.25) is 0 Å². The highest BCUT2D eigenvalue weighted by Crippen LogP contribution is 2.04. The second-order valence-corrected chi connectivity index (χ2v) is 2.64. The molecule has 0 fully saturated rings. The number of benzene rings is 1. The average molecular weight is 152 g/mol. The first-order valence-corrected chi connectivity index (χ1v) is 3.44. The Morgan fingerprint density at radius 1 is 1.55 bits per heavy atom. The van der Waals surface area contributed by atoms with E-state index in [-0.39, 0.29) is 5.82 Å². The van der Waals surface area contributed by atoms with Gasteiger partial charge in [-0.2, -0.15) is 0 Å². The average Bonchev–Trinajstić information content (AvgIpc) is 1.85. The zero-order valence-electron chi connectivity index (χ0n) is 6.55. The van der Waals surface area contributed by atoms with Crippen molar-refractivity contribution in [1.29, 1.82) is 0 Å². The molecule has 0 aliphatic heterocycles. The Balaban J connectivity index is 2.71. The zero-order valence-corrected chi connectivity index (χ0v) is 6.55. The van der Waals surface area contributed by atoms with E-state index in [0.717, 1.165) is 5.56 Å². The third-order valence-corrected chi connectivity index (χ3v) is 1.34. The molecule has 1 aromatic carbocycles. The van der Waals surface area contributed by atoms with Gasteiger partial charge >= 0.3 is 0 Å². The van der Waals surface area contributed by atoms with E-state index < -0.39 is 0 Å². The van der Waals surface area contributed by atoms with Crippen molar-refractivity contribution in [3.05, 3.63) is 42.7 Å². The molecule has 0 amide bonds. The van der Waals surface area contributed by atoms with E-state index in [2.05, 4.69) is 7.05 Å². The molecule has 0 atom stereocenters. The Kier molecular flexibility index (Phi) is 2.60. The lowest BCUT2D eigenvalue weighted by Gasteiger charge is -2.17. The maximum absolute atomic E-state index is 12.6. The van der Waals surface area contributed by atoms with E-state index >= 15 is 0 Å². The predicted molar refractivity (Wildman–Crippen MR) is 43.2 cm³/mol. The Hall–Kier alpha value is -0.890. The molecule has 0 saturated heterocycles. The highest BCUT2D eigenvalue weighted by Gasteiger charge is 1.92. The highest BCUT2D eigenvalue weighted by molar-refractivity contribution is 5.15. The summed E-state index contributed by atoms with van der Waals surface area (Å²) in [5.74, 6) is -0.190. The predicted octanol–water partition coefficient (Wildman–Crippen LogP) is 2.05. The van der Waals surface area contributed by atoms with Gasteiger partial charge < -0.3 is 4.90 Å². The van der Waals surface area contributed by atoms with Gasteiger partial charge in [0.25, 0.3) is 0 Å². The van der Waals surface area contributed by atoms with Crippen molar-refractivity contribution < 1.29 is 4.39 Å². The van der Waals surface area contributed by atoms with Gasteiger partial charge in [-0.25, -0.2) is 4.39 Å². The zero-order chi connectivity index (χ0) is 8.27. The van der Waals surface area contributed by atoms with Crippen molar-refractivity contribution in [1.82, 2.24) is 4.90 Å². The van der Waals surface area contributed by atoms with Crippen molar-refractivity contribution in [3.63, 3.8) is 0 Å². The molecule has 0 aromatic heterocycles. The van der Waals surface area contributed by atoms with Gasteiger partial charge in [-0.1, -0.05) is 12.1 Å². The minimum Gasteiger partial charge on any atom is -0.458 e. The molecule has 0 aliphatic rings. The molecule has 0 aliphatic carbocycles. The van der Waals surface area contributed by atoms with Crippen LogP contribution in [0.5, 0.6) is 0 Å². The lowest BCUT2D eigenvalue weighted by Crippen LogP contribution is -2.07. The maximum atomic E-state index is 12.6. The van der Waals surface area contributed by atoms with Crippen LogP contribution >= 0.6 is 0 Å². The maximum Gasteiger partial charge on any atom is 0.123 e. The van der Waals surface area contributed by atoms with Crippen molar-refractivity contribution in [2.75, 3.05) is 7.05 Å². The van der Waals surface area contributed by atoms with E-state index in [1.54, 1.807) is 11.0 Å². The van der Waals surface area contributed by atoms with Crippen LogP contribution in [0.3, 0.4) is 0 Å². The highest BCUT2D eigenvalue weighted by atomic mass is 19.1. The lowest BCUT2D eigenvalue weighted by molar-refractivity contribution is 0.443. The summed E-state index contributed by atoms with van der Waals surface area (Å²) >= 11 is 0. The fourth-order valence-electron chi connectivity index (χ4n) is 0.947. The van der Waals surface area contributed by atoms with Gasteiger partial charge in [-0.05, 0) is 31.3 Å². The van der Waals surface area contributed by atoms with E-state index in [4.69, 9.17) is 0 Å². The molecule has 1 nitrogen and oxygen atoms in total. The second kappa shape index (κ2) is 3.49. The first kappa shape index (κ1) is 8.21. The largest absolute Gasteiger partial charge is 0.458 e. The number of hydrogen-bond acceptors (Lipinski definition) is 1. The van der Waals surface area contributed by atoms with Gasteiger partial charge in [0, 0.05) is 0 Å². The van der Waals surface area contributed by atoms with Crippen LogP contribution in [0.4, 0.5) is 4.39 Å². The van der Waals surface area contributed by atoms with Gasteiger partial charge in [0.05, 0.1) is 0 Å². The Morgan fingerprint density at radius 2 is 2.27 bits per heavy atom. The van der Waals surface area contributed by atoms with Gasteiger partial charge in [-0.15, -0.1) is 0 Å². The number of halogens is 1. The molecular weight excluding hydrogens is 141 g/mol. The van der Waals surface area contributed by atoms with Crippen molar-refractivity contribution in [3.8, 4) is 0 Å². The van der Waals surface area contributed by atoms with Crippen LogP contribution in [0, 0.1) is 12.9 Å². The van der Waals surface area contributed by atoms with Crippen LogP contribution in [-0.4, -0.2) is 11.9 Å². The first-order chi connectivity index (χ1) is 5.18. The minimum atomic E-state index is -0.190. The molecular formula is C9H11FN-. The molecule has 1 rings (SSSR count). The second-order valence-electron chi connectivity index (χ2n) is 2.64. The number of nitrogens with zero attached hydrogens (tertiary/aromatic N) is 1. The lowest BCUT2D eigenvalue weighted by atomic mass is 10.2. The van der Waals surface area contributed by atoms with Gasteiger partial charge in [0.1, 0.15) is 5.82 Å². The third-order valence-electron chi connectivity index (χ3n) is 1.34. The smallest absolute Gasteiger partial charge is 0.123 e. The van der Waals surface area contributed by atoms with Gasteiger partial charge in [-0.3, -0.25) is 7.05 Å². The van der Waals surface area contributed by atoms with Crippen molar-refractivity contribution in [2.24, 2.45) is 0 Å². The molecule has 0 unspecified atom stereocenters. The number of hydrogen-bond donors (Lipinski definition) is 0. The topological polar surface area (TPSA) is 3.24 Å². The van der Waals surface area contributed by atoms with Gasteiger partial charge in [0.2, 0.25) is 0 Å². The monoisotopic (exact) mass is 152 g/mol. The first-order valence-electron chi connectivity index (χ1n) is 3.44. The summed E-state index contributed by atoms with van der Waals surface area (Å²) in [5, 5.41) is 0. The molecule has 0 radical (unpaired) electrons. The molecule has 2 heteroatoms. The fourth-order valence-corrected chi connectivity index (χ4v) is 0.947. The molecule has 0 heterocycles. The quantitative estimate of drug-likeness (QED) is 0.586. The Labute approximate surface area is 66.5 Å². The standard InChI is InChI=1S/C9H11FN/c1-11(2)7-8-4-3-5-9(10)6-8/h3-6H,1,7H2,2H3/q-1. The van der Waals surface area contributed by atoms with Crippen LogP contribution in [0.1, 0.15) is 5.56 Å². The summed E-state index contributed by atoms with van der Waals surface area (Å²) < 4.78 is 12.6. The third kappa shape index (κ3) is 2.68. The van der Waals surface area contributed by atoms with E-state index in [0.29, 0.717) is 6.54 Å². The Bertz CT molecular complexity index is 233. The summed E-state index contributed by atoms with van der Waals surface area (Å²) in [6, 6.07) is 6.53. The van der Waals surface area contributed by atoms with Crippen LogP contribution in [0.15, 0.2) is 24.3 Å². The fraction of sp³-hybridized carbons (Fsp3) is 0.222. The molecule has 1 aromatic rings. The summed E-state index contributed by atoms with van der Waals surface area (Å²) in [6.07, 6.45) is 0. The summed E-state index contributed by atoms with van der Waals surface area (Å²) in [4.78, 5) is 1.76. The molecule has 60 valence electrons. The number of rotatable bonds is 2. The van der Waals surface area contributed by atoms with E-state index in [1.165, 1.54) is 12.1 Å². The van der Waals surface area contributed by atoms with Crippen LogP contribution < -0.4 is 0 Å². The van der Waals surface area contributed by atoms with Crippen LogP contribution in [0.25, 0.3) is 0 Å². The summed E-state index contributed by atoms with van der Waals surface area (Å²) in [5.41, 5.74) is 0.947.